The van der Waals surface area contributed by atoms with Crippen LogP contribution in [0.4, 0.5) is 0 Å². The SMILES string of the molecule is C=CCC(NC)/C(=C\CC)N(O)CCC(=O)NCCCCCCCCCCCC. The first-order chi connectivity index (χ1) is 14.1. The summed E-state index contributed by atoms with van der Waals surface area (Å²) in [4.78, 5) is 12.1. The van der Waals surface area contributed by atoms with Gasteiger partial charge >= 0.3 is 0 Å². The first-order valence-corrected chi connectivity index (χ1v) is 11.8. The van der Waals surface area contributed by atoms with Crippen LogP contribution in [0.3, 0.4) is 0 Å². The number of likely N-dealkylation sites (N-methyl/N-ethyl adjacent to an activating group) is 1. The summed E-state index contributed by atoms with van der Waals surface area (Å²) in [5.41, 5.74) is 0.803. The number of hydrogen-bond acceptors (Lipinski definition) is 4. The van der Waals surface area contributed by atoms with Gasteiger partial charge in [0, 0.05) is 13.0 Å². The van der Waals surface area contributed by atoms with Crippen LogP contribution in [0.25, 0.3) is 0 Å². The van der Waals surface area contributed by atoms with E-state index in [4.69, 9.17) is 0 Å². The molecule has 0 fully saturated rings. The maximum atomic E-state index is 12.1. The molecule has 1 unspecified atom stereocenters. The molecule has 0 spiro atoms. The number of nitrogens with one attached hydrogen (secondary N) is 2. The third-order valence-electron chi connectivity index (χ3n) is 5.22. The van der Waals surface area contributed by atoms with Crippen LogP contribution in [-0.2, 0) is 4.79 Å². The number of rotatable bonds is 20. The molecule has 0 aliphatic carbocycles. The Kier molecular flexibility index (Phi) is 19.0. The van der Waals surface area contributed by atoms with Crippen molar-refractivity contribution >= 4 is 5.91 Å². The average molecular weight is 410 g/mol. The van der Waals surface area contributed by atoms with Crippen molar-refractivity contribution in [3.05, 3.63) is 24.4 Å². The highest BCUT2D eigenvalue weighted by molar-refractivity contribution is 5.76. The molecule has 0 aromatic carbocycles. The fourth-order valence-corrected chi connectivity index (χ4v) is 3.45. The quantitative estimate of drug-likeness (QED) is 0.140. The molecular formula is C24H47N3O2. The van der Waals surface area contributed by atoms with E-state index in [2.05, 4.69) is 24.1 Å². The highest BCUT2D eigenvalue weighted by atomic mass is 16.5. The van der Waals surface area contributed by atoms with Crippen LogP contribution in [0.2, 0.25) is 0 Å². The molecule has 5 heteroatoms. The number of carbonyl (C=O) groups excluding carboxylic acids is 1. The Morgan fingerprint density at radius 2 is 1.62 bits per heavy atom. The number of amides is 1. The fraction of sp³-hybridized carbons (Fsp3) is 0.792. The molecule has 0 rings (SSSR count). The number of nitrogens with zero attached hydrogens (tertiary/aromatic N) is 1. The van der Waals surface area contributed by atoms with E-state index in [1.54, 1.807) is 0 Å². The lowest BCUT2D eigenvalue weighted by molar-refractivity contribution is -0.124. The van der Waals surface area contributed by atoms with E-state index in [9.17, 15) is 10.0 Å². The molecule has 0 radical (unpaired) electrons. The van der Waals surface area contributed by atoms with Crippen molar-refractivity contribution in [2.75, 3.05) is 20.1 Å². The largest absolute Gasteiger partial charge is 0.356 e. The summed E-state index contributed by atoms with van der Waals surface area (Å²) in [6.45, 7) is 9.09. The lowest BCUT2D eigenvalue weighted by Gasteiger charge is -2.27. The number of allylic oxidation sites excluding steroid dienone is 1. The van der Waals surface area contributed by atoms with Crippen LogP contribution in [0.1, 0.15) is 97.3 Å². The van der Waals surface area contributed by atoms with Crippen LogP contribution in [0.15, 0.2) is 24.4 Å². The molecule has 0 heterocycles. The summed E-state index contributed by atoms with van der Waals surface area (Å²) in [6, 6.07) is 0.00663. The Balaban J connectivity index is 3.86. The maximum absolute atomic E-state index is 12.1. The molecule has 0 saturated carbocycles. The van der Waals surface area contributed by atoms with Crippen molar-refractivity contribution in [3.8, 4) is 0 Å². The molecular weight excluding hydrogens is 362 g/mol. The van der Waals surface area contributed by atoms with Gasteiger partial charge in [-0.1, -0.05) is 83.8 Å². The molecule has 0 aliphatic rings. The maximum Gasteiger partial charge on any atom is 0.221 e. The Morgan fingerprint density at radius 3 is 2.14 bits per heavy atom. The van der Waals surface area contributed by atoms with Crippen LogP contribution >= 0.6 is 0 Å². The summed E-state index contributed by atoms with van der Waals surface area (Å²) in [5.74, 6) is 0.000510. The van der Waals surface area contributed by atoms with Crippen molar-refractivity contribution in [1.82, 2.24) is 15.7 Å². The molecule has 0 bridgehead atoms. The fourth-order valence-electron chi connectivity index (χ4n) is 3.45. The van der Waals surface area contributed by atoms with Crippen molar-refractivity contribution in [1.29, 1.82) is 0 Å². The summed E-state index contributed by atoms with van der Waals surface area (Å²) in [6.07, 6.45) is 18.6. The van der Waals surface area contributed by atoms with E-state index in [1.807, 2.05) is 26.1 Å². The van der Waals surface area contributed by atoms with E-state index in [-0.39, 0.29) is 11.9 Å². The van der Waals surface area contributed by atoms with Crippen LogP contribution < -0.4 is 10.6 Å². The van der Waals surface area contributed by atoms with Crippen molar-refractivity contribution in [2.24, 2.45) is 0 Å². The molecule has 170 valence electrons. The molecule has 0 saturated heterocycles. The molecule has 1 amide bonds. The smallest absolute Gasteiger partial charge is 0.221 e. The summed E-state index contributed by atoms with van der Waals surface area (Å²) >= 11 is 0. The summed E-state index contributed by atoms with van der Waals surface area (Å²) in [7, 11) is 1.87. The van der Waals surface area contributed by atoms with E-state index in [0.29, 0.717) is 13.0 Å². The van der Waals surface area contributed by atoms with Crippen LogP contribution in [0.5, 0.6) is 0 Å². The minimum Gasteiger partial charge on any atom is -0.356 e. The standard InChI is InChI=1S/C24H47N3O2/c1-5-8-9-10-11-12-13-14-15-16-20-26-24(28)19-21-27(29)23(18-7-3)22(25-4)17-6-2/h6,18,22,25,29H,2,5,7-17,19-21H2,1,3-4H3,(H,26,28)/b23-18+. The molecule has 1 atom stereocenters. The zero-order valence-electron chi connectivity index (χ0n) is 19.3. The number of hydroxylamine groups is 2. The molecule has 29 heavy (non-hydrogen) atoms. The van der Waals surface area contributed by atoms with Gasteiger partial charge in [-0.15, -0.1) is 6.58 Å². The molecule has 0 aromatic rings. The van der Waals surface area contributed by atoms with Gasteiger partial charge in [-0.3, -0.25) is 15.1 Å². The zero-order chi connectivity index (χ0) is 21.7. The Labute approximate surface area is 180 Å². The van der Waals surface area contributed by atoms with Gasteiger partial charge < -0.3 is 10.6 Å². The third kappa shape index (κ3) is 15.2. The first-order valence-electron chi connectivity index (χ1n) is 11.8. The van der Waals surface area contributed by atoms with E-state index in [1.165, 1.54) is 62.9 Å². The predicted molar refractivity (Wildman–Crippen MR) is 124 cm³/mol. The summed E-state index contributed by atoms with van der Waals surface area (Å²) in [5, 5.41) is 17.8. The minimum absolute atomic E-state index is 0.000510. The lowest BCUT2D eigenvalue weighted by Crippen LogP contribution is -2.37. The average Bonchev–Trinajstić information content (AvgIpc) is 2.72. The molecule has 5 nitrogen and oxygen atoms in total. The second-order valence-electron chi connectivity index (χ2n) is 7.81. The van der Waals surface area contributed by atoms with E-state index >= 15 is 0 Å². The summed E-state index contributed by atoms with van der Waals surface area (Å²) < 4.78 is 0. The first kappa shape index (κ1) is 27.7. The van der Waals surface area contributed by atoms with Gasteiger partial charge in [0.05, 0.1) is 18.3 Å². The Morgan fingerprint density at radius 1 is 1.03 bits per heavy atom. The second-order valence-corrected chi connectivity index (χ2v) is 7.81. The third-order valence-corrected chi connectivity index (χ3v) is 5.22. The normalized spacial score (nSPS) is 12.6. The van der Waals surface area contributed by atoms with E-state index < -0.39 is 0 Å². The van der Waals surface area contributed by atoms with E-state index in [0.717, 1.165) is 31.5 Å². The molecule has 0 aliphatic heterocycles. The van der Waals surface area contributed by atoms with Crippen molar-refractivity contribution < 1.29 is 10.0 Å². The monoisotopic (exact) mass is 409 g/mol. The Bertz CT molecular complexity index is 438. The zero-order valence-corrected chi connectivity index (χ0v) is 19.3. The van der Waals surface area contributed by atoms with Gasteiger partial charge in [-0.25, -0.2) is 0 Å². The van der Waals surface area contributed by atoms with Crippen LogP contribution in [0, 0.1) is 0 Å². The van der Waals surface area contributed by atoms with Gasteiger partial charge in [0.1, 0.15) is 0 Å². The van der Waals surface area contributed by atoms with Gasteiger partial charge in [0.25, 0.3) is 0 Å². The number of hydrogen-bond donors (Lipinski definition) is 3. The highest BCUT2D eigenvalue weighted by Crippen LogP contribution is 2.13. The number of unbranched alkanes of at least 4 members (excludes halogenated alkanes) is 9. The topological polar surface area (TPSA) is 64.6 Å². The van der Waals surface area contributed by atoms with Crippen molar-refractivity contribution in [3.63, 3.8) is 0 Å². The minimum atomic E-state index is 0.000510. The van der Waals surface area contributed by atoms with Crippen LogP contribution in [-0.4, -0.2) is 42.4 Å². The Hall–Kier alpha value is -1.33. The van der Waals surface area contributed by atoms with Gasteiger partial charge in [0.2, 0.25) is 5.91 Å². The number of carbonyl (C=O) groups is 1. The highest BCUT2D eigenvalue weighted by Gasteiger charge is 2.17. The molecule has 3 N–H and O–H groups in total. The molecule has 0 aromatic heterocycles. The van der Waals surface area contributed by atoms with Gasteiger partial charge in [0.15, 0.2) is 0 Å². The lowest BCUT2D eigenvalue weighted by atomic mass is 10.1. The van der Waals surface area contributed by atoms with Crippen molar-refractivity contribution in [2.45, 2.75) is 103 Å². The van der Waals surface area contributed by atoms with Gasteiger partial charge in [-0.2, -0.15) is 0 Å². The second kappa shape index (κ2) is 20.0. The van der Waals surface area contributed by atoms with Gasteiger partial charge in [-0.05, 0) is 26.3 Å². The predicted octanol–water partition coefficient (Wildman–Crippen LogP) is 5.56.